The first-order valence-electron chi connectivity index (χ1n) is 6.05. The van der Waals surface area contributed by atoms with Gasteiger partial charge in [0.15, 0.2) is 0 Å². The molecule has 0 atom stereocenters. The van der Waals surface area contributed by atoms with Crippen molar-refractivity contribution in [3.8, 4) is 11.3 Å². The summed E-state index contributed by atoms with van der Waals surface area (Å²) in [5, 5.41) is 14.5. The zero-order valence-electron chi connectivity index (χ0n) is 10.6. The van der Waals surface area contributed by atoms with E-state index in [1.54, 1.807) is 4.68 Å². The van der Waals surface area contributed by atoms with E-state index >= 15 is 0 Å². The molecule has 1 heterocycles. The minimum atomic E-state index is -0.0961. The lowest BCUT2D eigenvalue weighted by atomic mass is 10.1. The number of rotatable bonds is 4. The summed E-state index contributed by atoms with van der Waals surface area (Å²) in [6, 6.07) is 9.79. The van der Waals surface area contributed by atoms with Crippen molar-refractivity contribution in [2.24, 2.45) is 5.92 Å². The van der Waals surface area contributed by atoms with E-state index in [4.69, 9.17) is 11.6 Å². The van der Waals surface area contributed by atoms with Crippen molar-refractivity contribution < 1.29 is 5.11 Å². The normalized spacial score (nSPS) is 11.2. The molecule has 0 spiro atoms. The molecule has 0 fully saturated rings. The van der Waals surface area contributed by atoms with Crippen LogP contribution in [0.25, 0.3) is 11.3 Å². The second-order valence-corrected chi connectivity index (χ2v) is 5.08. The van der Waals surface area contributed by atoms with E-state index in [2.05, 4.69) is 18.9 Å². The van der Waals surface area contributed by atoms with Crippen LogP contribution in [0.4, 0.5) is 0 Å². The second kappa shape index (κ2) is 5.55. The largest absolute Gasteiger partial charge is 0.391 e. The van der Waals surface area contributed by atoms with Crippen molar-refractivity contribution in [3.05, 3.63) is 41.0 Å². The Labute approximate surface area is 112 Å². The average Bonchev–Trinajstić information content (AvgIpc) is 2.67. The minimum Gasteiger partial charge on any atom is -0.391 e. The molecule has 3 nitrogen and oxygen atoms in total. The molecule has 1 aromatic heterocycles. The Kier molecular flexibility index (Phi) is 4.04. The molecule has 0 unspecified atom stereocenters. The fourth-order valence-corrected chi connectivity index (χ4v) is 2.17. The van der Waals surface area contributed by atoms with Gasteiger partial charge in [-0.15, -0.1) is 0 Å². The highest BCUT2D eigenvalue weighted by Crippen LogP contribution is 2.29. The standard InChI is InChI=1S/C14H17ClN2O/c1-10(2)8-17-14(15)12(9-18)13(16-17)11-6-4-3-5-7-11/h3-7,10,18H,8-9H2,1-2H3. The molecule has 1 N–H and O–H groups in total. The van der Waals surface area contributed by atoms with Crippen molar-refractivity contribution in [2.75, 3.05) is 0 Å². The van der Waals surface area contributed by atoms with Gasteiger partial charge in [0.2, 0.25) is 0 Å². The van der Waals surface area contributed by atoms with Crippen LogP contribution in [-0.2, 0) is 13.2 Å². The Morgan fingerprint density at radius 3 is 2.50 bits per heavy atom. The Balaban J connectivity index is 2.48. The van der Waals surface area contributed by atoms with Crippen LogP contribution in [0.15, 0.2) is 30.3 Å². The number of aliphatic hydroxyl groups excluding tert-OH is 1. The topological polar surface area (TPSA) is 38.0 Å². The molecule has 2 aromatic rings. The molecule has 0 aliphatic rings. The van der Waals surface area contributed by atoms with E-state index in [-0.39, 0.29) is 6.61 Å². The highest BCUT2D eigenvalue weighted by Gasteiger charge is 2.17. The van der Waals surface area contributed by atoms with Crippen LogP contribution in [0.3, 0.4) is 0 Å². The highest BCUT2D eigenvalue weighted by atomic mass is 35.5. The summed E-state index contributed by atoms with van der Waals surface area (Å²) in [6.45, 7) is 4.87. The van der Waals surface area contributed by atoms with E-state index in [1.165, 1.54) is 0 Å². The predicted octanol–water partition coefficient (Wildman–Crippen LogP) is 3.35. The van der Waals surface area contributed by atoms with Crippen molar-refractivity contribution in [1.29, 1.82) is 0 Å². The number of aliphatic hydroxyl groups is 1. The predicted molar refractivity (Wildman–Crippen MR) is 73.4 cm³/mol. The van der Waals surface area contributed by atoms with E-state index in [0.29, 0.717) is 16.6 Å². The van der Waals surface area contributed by atoms with Gasteiger partial charge in [-0.05, 0) is 5.92 Å². The molecule has 4 heteroatoms. The first kappa shape index (κ1) is 13.1. The van der Waals surface area contributed by atoms with Gasteiger partial charge in [-0.3, -0.25) is 4.68 Å². The minimum absolute atomic E-state index is 0.0961. The monoisotopic (exact) mass is 264 g/mol. The van der Waals surface area contributed by atoms with Crippen molar-refractivity contribution in [3.63, 3.8) is 0 Å². The smallest absolute Gasteiger partial charge is 0.133 e. The average molecular weight is 265 g/mol. The Morgan fingerprint density at radius 2 is 1.94 bits per heavy atom. The summed E-state index contributed by atoms with van der Waals surface area (Å²) in [5.74, 6) is 0.456. The summed E-state index contributed by atoms with van der Waals surface area (Å²) >= 11 is 6.26. The van der Waals surface area contributed by atoms with Crippen LogP contribution in [0.2, 0.25) is 5.15 Å². The lowest BCUT2D eigenvalue weighted by Crippen LogP contribution is -2.06. The van der Waals surface area contributed by atoms with Gasteiger partial charge in [0.1, 0.15) is 5.15 Å². The highest BCUT2D eigenvalue weighted by molar-refractivity contribution is 6.30. The quantitative estimate of drug-likeness (QED) is 0.920. The first-order valence-corrected chi connectivity index (χ1v) is 6.42. The fourth-order valence-electron chi connectivity index (χ4n) is 1.91. The van der Waals surface area contributed by atoms with E-state index in [0.717, 1.165) is 17.8 Å². The molecule has 0 amide bonds. The van der Waals surface area contributed by atoms with E-state index in [1.807, 2.05) is 30.3 Å². The van der Waals surface area contributed by atoms with E-state index < -0.39 is 0 Å². The zero-order valence-corrected chi connectivity index (χ0v) is 11.4. The SMILES string of the molecule is CC(C)Cn1nc(-c2ccccc2)c(CO)c1Cl. The first-order chi connectivity index (χ1) is 8.63. The van der Waals surface area contributed by atoms with Gasteiger partial charge in [0, 0.05) is 17.7 Å². The molecule has 0 saturated heterocycles. The lowest BCUT2D eigenvalue weighted by Gasteiger charge is -2.05. The van der Waals surface area contributed by atoms with Crippen LogP contribution < -0.4 is 0 Å². The van der Waals surface area contributed by atoms with Crippen LogP contribution in [0.1, 0.15) is 19.4 Å². The molecular formula is C14H17ClN2O. The molecule has 0 aliphatic carbocycles. The number of aromatic nitrogens is 2. The second-order valence-electron chi connectivity index (χ2n) is 4.72. The van der Waals surface area contributed by atoms with Gasteiger partial charge in [0.05, 0.1) is 12.3 Å². The van der Waals surface area contributed by atoms with Crippen LogP contribution in [-0.4, -0.2) is 14.9 Å². The zero-order chi connectivity index (χ0) is 13.1. The van der Waals surface area contributed by atoms with Gasteiger partial charge in [-0.1, -0.05) is 55.8 Å². The van der Waals surface area contributed by atoms with Crippen molar-refractivity contribution >= 4 is 11.6 Å². The van der Waals surface area contributed by atoms with Gasteiger partial charge in [0.25, 0.3) is 0 Å². The summed E-state index contributed by atoms with van der Waals surface area (Å²) < 4.78 is 1.76. The maximum Gasteiger partial charge on any atom is 0.133 e. The van der Waals surface area contributed by atoms with Gasteiger partial charge < -0.3 is 5.11 Å². The van der Waals surface area contributed by atoms with Crippen LogP contribution >= 0.6 is 11.6 Å². The maximum atomic E-state index is 9.47. The number of hydrogen-bond donors (Lipinski definition) is 1. The van der Waals surface area contributed by atoms with Gasteiger partial charge >= 0.3 is 0 Å². The molecule has 96 valence electrons. The molecule has 18 heavy (non-hydrogen) atoms. The molecule has 0 aliphatic heterocycles. The van der Waals surface area contributed by atoms with Crippen LogP contribution in [0, 0.1) is 5.92 Å². The third-order valence-corrected chi connectivity index (χ3v) is 3.15. The molecule has 0 saturated carbocycles. The molecule has 0 radical (unpaired) electrons. The molecule has 1 aromatic carbocycles. The number of benzene rings is 1. The van der Waals surface area contributed by atoms with Crippen molar-refractivity contribution in [2.45, 2.75) is 27.0 Å². The number of hydrogen-bond acceptors (Lipinski definition) is 2. The Hall–Kier alpha value is -1.32. The third kappa shape index (κ3) is 2.57. The molecule has 2 rings (SSSR count). The van der Waals surface area contributed by atoms with Gasteiger partial charge in [-0.25, -0.2) is 0 Å². The summed E-state index contributed by atoms with van der Waals surface area (Å²) in [6.07, 6.45) is 0. The summed E-state index contributed by atoms with van der Waals surface area (Å²) in [5.41, 5.74) is 2.44. The van der Waals surface area contributed by atoms with Crippen molar-refractivity contribution in [1.82, 2.24) is 9.78 Å². The molecular weight excluding hydrogens is 248 g/mol. The number of nitrogens with zero attached hydrogens (tertiary/aromatic N) is 2. The summed E-state index contributed by atoms with van der Waals surface area (Å²) in [4.78, 5) is 0. The Bertz CT molecular complexity index is 520. The maximum absolute atomic E-state index is 9.47. The Morgan fingerprint density at radius 1 is 1.28 bits per heavy atom. The lowest BCUT2D eigenvalue weighted by molar-refractivity contribution is 0.282. The molecule has 0 bridgehead atoms. The summed E-state index contributed by atoms with van der Waals surface area (Å²) in [7, 11) is 0. The third-order valence-electron chi connectivity index (χ3n) is 2.73. The fraction of sp³-hybridized carbons (Fsp3) is 0.357. The van der Waals surface area contributed by atoms with E-state index in [9.17, 15) is 5.11 Å². The van der Waals surface area contributed by atoms with Gasteiger partial charge in [-0.2, -0.15) is 5.10 Å². The van der Waals surface area contributed by atoms with Crippen LogP contribution in [0.5, 0.6) is 0 Å². The number of halogens is 1.